The van der Waals surface area contributed by atoms with Crippen LogP contribution in [-0.4, -0.2) is 23.8 Å². The van der Waals surface area contributed by atoms with E-state index in [9.17, 15) is 4.79 Å². The third-order valence-electron chi connectivity index (χ3n) is 4.12. The normalized spacial score (nSPS) is 18.1. The Morgan fingerprint density at radius 2 is 1.57 bits per heavy atom. The van der Waals surface area contributed by atoms with Crippen LogP contribution in [-0.2, 0) is 0 Å². The second-order valence-corrected chi connectivity index (χ2v) is 5.37. The first kappa shape index (κ1) is 18.6. The summed E-state index contributed by atoms with van der Waals surface area (Å²) in [5.74, 6) is 0.108. The number of carbonyl (C=O) groups excluding carboxylic acids is 1. The summed E-state index contributed by atoms with van der Waals surface area (Å²) in [5.41, 5.74) is 3.69. The smallest absolute Gasteiger partial charge is 0.191 e. The number of rotatable bonds is 4. The number of hydrogen-bond acceptors (Lipinski definition) is 2. The van der Waals surface area contributed by atoms with Crippen LogP contribution >= 0.6 is 0 Å². The first-order valence-electron chi connectivity index (χ1n) is 7.49. The molecule has 0 spiro atoms. The number of fused-ring (bicyclic) bond motifs is 1. The number of Topliss-reactive ketones (excluding diaryl/α,β-unsaturated/α-hetero) is 1. The van der Waals surface area contributed by atoms with E-state index in [1.54, 1.807) is 0 Å². The molecular formula is C20H19AcNO-2. The Morgan fingerprint density at radius 3 is 2.22 bits per heavy atom. The number of nitrogens with zero attached hydrogens (tertiary/aromatic N) is 1. The molecule has 115 valence electrons. The molecule has 1 radical (unpaired) electrons. The van der Waals surface area contributed by atoms with Crippen LogP contribution in [0, 0.1) is 57.9 Å². The predicted molar refractivity (Wildman–Crippen MR) is 90.2 cm³/mol. The van der Waals surface area contributed by atoms with Gasteiger partial charge in [-0.3, -0.25) is 4.79 Å². The van der Waals surface area contributed by atoms with E-state index in [1.807, 2.05) is 60.7 Å². The van der Waals surface area contributed by atoms with Crippen molar-refractivity contribution in [2.24, 2.45) is 0 Å². The maximum Gasteiger partial charge on any atom is 0.191 e. The molecule has 23 heavy (non-hydrogen) atoms. The van der Waals surface area contributed by atoms with Crippen LogP contribution in [0.15, 0.2) is 60.2 Å². The van der Waals surface area contributed by atoms with E-state index < -0.39 is 0 Å². The number of hydrogen-bond donors (Lipinski definition) is 0. The molecule has 1 aliphatic rings. The fraction of sp³-hybridized carbons (Fsp3) is 0.150. The summed E-state index contributed by atoms with van der Waals surface area (Å²) in [6, 6.07) is 17.7. The van der Waals surface area contributed by atoms with Crippen molar-refractivity contribution in [3.8, 4) is 0 Å². The van der Waals surface area contributed by atoms with Crippen LogP contribution < -0.4 is 0 Å². The molecule has 2 aromatic rings. The molecule has 0 saturated carbocycles. The van der Waals surface area contributed by atoms with Crippen LogP contribution in [0.25, 0.3) is 6.08 Å². The first-order valence-corrected chi connectivity index (χ1v) is 7.49. The van der Waals surface area contributed by atoms with Gasteiger partial charge in [-0.1, -0.05) is 54.6 Å². The topological polar surface area (TPSA) is 20.3 Å². The molecule has 3 rings (SSSR count). The van der Waals surface area contributed by atoms with Crippen molar-refractivity contribution in [3.05, 3.63) is 90.7 Å². The van der Waals surface area contributed by atoms with Gasteiger partial charge in [0.05, 0.1) is 6.04 Å². The molecule has 0 heterocycles. The maximum absolute atomic E-state index is 12.8. The summed E-state index contributed by atoms with van der Waals surface area (Å²) in [4.78, 5) is 14.9. The van der Waals surface area contributed by atoms with Gasteiger partial charge in [0.15, 0.2) is 5.78 Å². The fourth-order valence-corrected chi connectivity index (χ4v) is 3.03. The average molecular weight is 516 g/mol. The second-order valence-electron chi connectivity index (χ2n) is 5.37. The molecule has 1 unspecified atom stereocenters. The molecule has 0 N–H and O–H groups in total. The molecule has 0 fully saturated rings. The summed E-state index contributed by atoms with van der Waals surface area (Å²) in [6.07, 6.45) is 1.99. The SMILES string of the molecule is [Ac].[CH2-]CN(C[CH2-])C1/C(=C\c2ccccc2)C(=O)c2ccccc21. The molecule has 1 aliphatic carbocycles. The zero-order valence-electron chi connectivity index (χ0n) is 13.1. The van der Waals surface area contributed by atoms with Crippen LogP contribution in [0.4, 0.5) is 0 Å². The number of carbonyl (C=O) groups is 1. The summed E-state index contributed by atoms with van der Waals surface area (Å²) in [7, 11) is 0. The Hall–Kier alpha value is -0.748. The van der Waals surface area contributed by atoms with Crippen LogP contribution in [0.3, 0.4) is 0 Å². The summed E-state index contributed by atoms with van der Waals surface area (Å²) in [6.45, 7) is 9.20. The van der Waals surface area contributed by atoms with Gasteiger partial charge in [-0.05, 0) is 17.2 Å². The van der Waals surface area contributed by atoms with Gasteiger partial charge in [-0.15, -0.1) is 13.1 Å². The van der Waals surface area contributed by atoms with Crippen molar-refractivity contribution in [1.82, 2.24) is 4.90 Å². The van der Waals surface area contributed by atoms with E-state index in [1.165, 1.54) is 0 Å². The van der Waals surface area contributed by atoms with Crippen LogP contribution in [0.2, 0.25) is 0 Å². The minimum absolute atomic E-state index is 0. The van der Waals surface area contributed by atoms with Crippen molar-refractivity contribution >= 4 is 11.9 Å². The quantitative estimate of drug-likeness (QED) is 0.453. The van der Waals surface area contributed by atoms with E-state index in [4.69, 9.17) is 0 Å². The molecule has 0 aromatic heterocycles. The van der Waals surface area contributed by atoms with Crippen molar-refractivity contribution < 1.29 is 48.9 Å². The standard InChI is InChI=1S/C20H19NO.Ac/c1-3-21(4-2)19-16-12-8-9-13-17(16)20(22)18(19)14-15-10-6-5-7-11-15;/h5-14,19H,1-4H2;/q-2;/b18-14+;. The number of ketones is 1. The van der Waals surface area contributed by atoms with Gasteiger partial charge < -0.3 is 18.7 Å². The molecule has 2 aromatic carbocycles. The molecule has 0 saturated heterocycles. The average Bonchev–Trinajstić information content (AvgIpc) is 2.84. The molecule has 3 heteroatoms. The minimum atomic E-state index is -0.0566. The number of benzene rings is 2. The third-order valence-corrected chi connectivity index (χ3v) is 4.12. The Balaban J connectivity index is 0.00000192. The van der Waals surface area contributed by atoms with Gasteiger partial charge in [0.25, 0.3) is 0 Å². The zero-order valence-corrected chi connectivity index (χ0v) is 17.9. The summed E-state index contributed by atoms with van der Waals surface area (Å²) < 4.78 is 0. The van der Waals surface area contributed by atoms with Crippen LogP contribution in [0.1, 0.15) is 27.5 Å². The molecule has 0 bridgehead atoms. The molecular weight excluding hydrogens is 497 g/mol. The molecule has 2 nitrogen and oxygen atoms in total. The van der Waals surface area contributed by atoms with Gasteiger partial charge in [0.2, 0.25) is 0 Å². The van der Waals surface area contributed by atoms with E-state index in [2.05, 4.69) is 18.7 Å². The Kier molecular flexibility index (Phi) is 6.77. The van der Waals surface area contributed by atoms with Gasteiger partial charge in [0, 0.05) is 55.2 Å². The van der Waals surface area contributed by atoms with Gasteiger partial charge in [-0.2, -0.15) is 0 Å². The van der Waals surface area contributed by atoms with E-state index >= 15 is 0 Å². The summed E-state index contributed by atoms with van der Waals surface area (Å²) >= 11 is 0. The van der Waals surface area contributed by atoms with Crippen LogP contribution in [0.5, 0.6) is 0 Å². The van der Waals surface area contributed by atoms with E-state index in [-0.39, 0.29) is 55.9 Å². The minimum Gasteiger partial charge on any atom is -0.352 e. The van der Waals surface area contributed by atoms with Crippen molar-refractivity contribution in [2.45, 2.75) is 6.04 Å². The van der Waals surface area contributed by atoms with Crippen molar-refractivity contribution in [1.29, 1.82) is 0 Å². The fourth-order valence-electron chi connectivity index (χ4n) is 3.03. The Bertz CT molecular complexity index is 705. The monoisotopic (exact) mass is 516 g/mol. The molecule has 0 aliphatic heterocycles. The first-order chi connectivity index (χ1) is 10.8. The van der Waals surface area contributed by atoms with E-state index in [0.29, 0.717) is 13.1 Å². The predicted octanol–water partition coefficient (Wildman–Crippen LogP) is 3.98. The Labute approximate surface area is 174 Å². The third kappa shape index (κ3) is 3.68. The summed E-state index contributed by atoms with van der Waals surface area (Å²) in [5, 5.41) is 0. The maximum atomic E-state index is 12.8. The zero-order chi connectivity index (χ0) is 15.5. The van der Waals surface area contributed by atoms with Gasteiger partial charge >= 0.3 is 0 Å². The Morgan fingerprint density at radius 1 is 0.957 bits per heavy atom. The second kappa shape index (κ2) is 8.38. The molecule has 0 amide bonds. The molecule has 1 atom stereocenters. The van der Waals surface area contributed by atoms with Crippen molar-refractivity contribution in [2.75, 3.05) is 13.1 Å². The van der Waals surface area contributed by atoms with Crippen molar-refractivity contribution in [3.63, 3.8) is 0 Å². The van der Waals surface area contributed by atoms with E-state index in [0.717, 1.165) is 22.3 Å². The van der Waals surface area contributed by atoms with Gasteiger partial charge in [0.1, 0.15) is 0 Å². The largest absolute Gasteiger partial charge is 0.352 e. The van der Waals surface area contributed by atoms with Gasteiger partial charge in [-0.25, -0.2) is 0 Å².